The number of carboxylic acids is 1. The van der Waals surface area contributed by atoms with Crippen LogP contribution in [0.5, 0.6) is 11.5 Å². The molecule has 1 aromatic heterocycles. The Balaban J connectivity index is 1.95. The van der Waals surface area contributed by atoms with Crippen molar-refractivity contribution in [1.82, 2.24) is 4.57 Å². The van der Waals surface area contributed by atoms with Gasteiger partial charge < -0.3 is 19.3 Å². The summed E-state index contributed by atoms with van der Waals surface area (Å²) in [5, 5.41) is 9.13. The Morgan fingerprint density at radius 3 is 2.47 bits per heavy atom. The van der Waals surface area contributed by atoms with Crippen LogP contribution in [0.1, 0.15) is 41.4 Å². The largest absolute Gasteiger partial charge is 0.497 e. The van der Waals surface area contributed by atoms with Crippen molar-refractivity contribution in [3.8, 4) is 11.5 Å². The standard InChI is InChI=1S/C26H24N2O7S/c1-5-35-25(32)21-14(2)27-26-28(22(21)18-11-10-17(33-3)13-19(18)34-4)23(29)20(36-26)12-15-6-8-16(9-7-15)24(30)31/h6-13,22H,5H2,1-4H3,(H,30,31)/t22-/m1/s1. The van der Waals surface area contributed by atoms with Gasteiger partial charge in [0.15, 0.2) is 4.80 Å². The minimum Gasteiger partial charge on any atom is -0.497 e. The van der Waals surface area contributed by atoms with E-state index in [0.717, 1.165) is 0 Å². The smallest absolute Gasteiger partial charge is 0.338 e. The number of carbonyl (C=O) groups is 2. The summed E-state index contributed by atoms with van der Waals surface area (Å²) in [7, 11) is 3.04. The molecule has 0 bridgehead atoms. The molecule has 1 aliphatic heterocycles. The van der Waals surface area contributed by atoms with Crippen LogP contribution < -0.4 is 24.4 Å². The summed E-state index contributed by atoms with van der Waals surface area (Å²) >= 11 is 1.18. The van der Waals surface area contributed by atoms with Gasteiger partial charge in [-0.05, 0) is 49.8 Å². The number of nitrogens with zero attached hydrogens (tertiary/aromatic N) is 2. The normalized spacial score (nSPS) is 15.2. The second-order valence-corrected chi connectivity index (χ2v) is 8.85. The Kier molecular flexibility index (Phi) is 7.07. The molecule has 2 aromatic carbocycles. The molecule has 1 N–H and O–H groups in total. The number of esters is 1. The highest BCUT2D eigenvalue weighted by Gasteiger charge is 2.35. The van der Waals surface area contributed by atoms with Crippen molar-refractivity contribution in [3.05, 3.63) is 90.1 Å². The number of ether oxygens (including phenoxy) is 3. The van der Waals surface area contributed by atoms with Gasteiger partial charge in [-0.2, -0.15) is 0 Å². The minimum atomic E-state index is -1.03. The molecule has 4 rings (SSSR count). The van der Waals surface area contributed by atoms with Crippen molar-refractivity contribution < 1.29 is 28.9 Å². The van der Waals surface area contributed by atoms with Crippen molar-refractivity contribution in [2.75, 3.05) is 20.8 Å². The number of hydrogen-bond donors (Lipinski definition) is 1. The number of carboxylic acid groups (broad SMARTS) is 1. The SMILES string of the molecule is CCOC(=O)C1=C(C)N=c2sc(=Cc3ccc(C(=O)O)cc3)c(=O)n2[C@@H]1c1ccc(OC)cc1OC. The summed E-state index contributed by atoms with van der Waals surface area (Å²) in [5.41, 5.74) is 1.72. The molecule has 2 heterocycles. The van der Waals surface area contributed by atoms with Gasteiger partial charge in [0, 0.05) is 11.6 Å². The van der Waals surface area contributed by atoms with E-state index in [-0.39, 0.29) is 23.3 Å². The Morgan fingerprint density at radius 2 is 1.86 bits per heavy atom. The Labute approximate surface area is 210 Å². The van der Waals surface area contributed by atoms with Gasteiger partial charge >= 0.3 is 11.9 Å². The molecule has 0 fully saturated rings. The molecule has 3 aromatic rings. The Bertz CT molecular complexity index is 1550. The van der Waals surface area contributed by atoms with Crippen LogP contribution in [-0.4, -0.2) is 42.4 Å². The lowest BCUT2D eigenvalue weighted by Crippen LogP contribution is -2.40. The quantitative estimate of drug-likeness (QED) is 0.488. The predicted molar refractivity (Wildman–Crippen MR) is 133 cm³/mol. The maximum atomic E-state index is 13.7. The van der Waals surface area contributed by atoms with E-state index in [4.69, 9.17) is 19.3 Å². The number of benzene rings is 2. The van der Waals surface area contributed by atoms with E-state index in [1.807, 2.05) is 0 Å². The van der Waals surface area contributed by atoms with Gasteiger partial charge in [0.2, 0.25) is 0 Å². The molecule has 0 amide bonds. The zero-order chi connectivity index (χ0) is 26.0. The third-order valence-corrected chi connectivity index (χ3v) is 6.69. The number of aromatic nitrogens is 1. The molecular formula is C26H24N2O7S. The fourth-order valence-corrected chi connectivity index (χ4v) is 5.05. The number of thiazole rings is 1. The first kappa shape index (κ1) is 24.9. The first-order valence-electron chi connectivity index (χ1n) is 11.0. The van der Waals surface area contributed by atoms with Crippen molar-refractivity contribution in [3.63, 3.8) is 0 Å². The molecule has 9 nitrogen and oxygen atoms in total. The van der Waals surface area contributed by atoms with Crippen molar-refractivity contribution >= 4 is 29.4 Å². The van der Waals surface area contributed by atoms with E-state index < -0.39 is 18.0 Å². The summed E-state index contributed by atoms with van der Waals surface area (Å²) < 4.78 is 18.1. The van der Waals surface area contributed by atoms with Crippen LogP contribution in [0, 0.1) is 0 Å². The summed E-state index contributed by atoms with van der Waals surface area (Å²) in [4.78, 5) is 42.8. The fourth-order valence-electron chi connectivity index (χ4n) is 4.00. The average molecular weight is 509 g/mol. The second-order valence-electron chi connectivity index (χ2n) is 7.84. The molecule has 0 saturated heterocycles. The van der Waals surface area contributed by atoms with E-state index in [1.165, 1.54) is 42.3 Å². The number of rotatable bonds is 7. The molecule has 0 aliphatic carbocycles. The number of allylic oxidation sites excluding steroid dienone is 1. The van der Waals surface area contributed by atoms with E-state index in [9.17, 15) is 14.4 Å². The van der Waals surface area contributed by atoms with Gasteiger partial charge in [0.25, 0.3) is 5.56 Å². The third-order valence-electron chi connectivity index (χ3n) is 5.71. The fraction of sp³-hybridized carbons (Fsp3) is 0.231. The first-order valence-corrected chi connectivity index (χ1v) is 11.9. The predicted octanol–water partition coefficient (Wildman–Crippen LogP) is 2.51. The van der Waals surface area contributed by atoms with Crippen molar-refractivity contribution in [2.24, 2.45) is 4.99 Å². The lowest BCUT2D eigenvalue weighted by atomic mass is 9.95. The summed E-state index contributed by atoms with van der Waals surface area (Å²) in [6.07, 6.45) is 1.67. The Hall–Kier alpha value is -4.18. The van der Waals surface area contributed by atoms with Crippen LogP contribution in [0.2, 0.25) is 0 Å². The molecule has 1 atom stereocenters. The topological polar surface area (TPSA) is 116 Å². The molecule has 0 spiro atoms. The lowest BCUT2D eigenvalue weighted by molar-refractivity contribution is -0.139. The monoisotopic (exact) mass is 508 g/mol. The minimum absolute atomic E-state index is 0.148. The maximum Gasteiger partial charge on any atom is 0.338 e. The summed E-state index contributed by atoms with van der Waals surface area (Å²) in [5.74, 6) is -0.600. The zero-order valence-corrected chi connectivity index (χ0v) is 20.9. The summed E-state index contributed by atoms with van der Waals surface area (Å²) in [6, 6.07) is 10.5. The van der Waals surface area contributed by atoms with E-state index in [2.05, 4.69) is 4.99 Å². The highest BCUT2D eigenvalue weighted by atomic mass is 32.1. The van der Waals surface area contributed by atoms with Crippen LogP contribution in [-0.2, 0) is 9.53 Å². The van der Waals surface area contributed by atoms with Crippen LogP contribution >= 0.6 is 11.3 Å². The van der Waals surface area contributed by atoms with Crippen molar-refractivity contribution in [2.45, 2.75) is 19.9 Å². The van der Waals surface area contributed by atoms with Gasteiger partial charge in [-0.15, -0.1) is 0 Å². The van der Waals surface area contributed by atoms with Gasteiger partial charge in [0.1, 0.15) is 17.5 Å². The maximum absolute atomic E-state index is 13.7. The molecule has 10 heteroatoms. The molecule has 1 aliphatic rings. The number of fused-ring (bicyclic) bond motifs is 1. The zero-order valence-electron chi connectivity index (χ0n) is 20.1. The summed E-state index contributed by atoms with van der Waals surface area (Å²) in [6.45, 7) is 3.58. The van der Waals surface area contributed by atoms with Gasteiger partial charge in [-0.1, -0.05) is 23.5 Å². The third kappa shape index (κ3) is 4.55. The molecule has 36 heavy (non-hydrogen) atoms. The van der Waals surface area contributed by atoms with Crippen LogP contribution in [0.3, 0.4) is 0 Å². The lowest BCUT2D eigenvalue weighted by Gasteiger charge is -2.26. The highest BCUT2D eigenvalue weighted by Crippen LogP contribution is 2.37. The van der Waals surface area contributed by atoms with E-state index in [0.29, 0.717) is 37.7 Å². The molecule has 0 radical (unpaired) electrons. The highest BCUT2D eigenvalue weighted by molar-refractivity contribution is 7.07. The second kappa shape index (κ2) is 10.2. The number of aromatic carboxylic acids is 1. The molecule has 0 unspecified atom stereocenters. The molecule has 186 valence electrons. The first-order chi connectivity index (χ1) is 17.3. The van der Waals surface area contributed by atoms with E-state index >= 15 is 0 Å². The van der Waals surface area contributed by atoms with Gasteiger partial charge in [0.05, 0.1) is 42.2 Å². The van der Waals surface area contributed by atoms with E-state index in [1.54, 1.807) is 50.3 Å². The van der Waals surface area contributed by atoms with Crippen LogP contribution in [0.25, 0.3) is 6.08 Å². The average Bonchev–Trinajstić information content (AvgIpc) is 3.17. The van der Waals surface area contributed by atoms with Gasteiger partial charge in [-0.3, -0.25) is 9.36 Å². The van der Waals surface area contributed by atoms with Gasteiger partial charge in [-0.25, -0.2) is 14.6 Å². The van der Waals surface area contributed by atoms with Crippen LogP contribution in [0.15, 0.2) is 63.5 Å². The molecule has 0 saturated carbocycles. The number of hydrogen-bond acceptors (Lipinski definition) is 8. The number of carbonyl (C=O) groups excluding carboxylic acids is 1. The molecular weight excluding hydrogens is 484 g/mol. The van der Waals surface area contributed by atoms with Crippen molar-refractivity contribution in [1.29, 1.82) is 0 Å². The van der Waals surface area contributed by atoms with Crippen LogP contribution in [0.4, 0.5) is 0 Å². The number of methoxy groups -OCH3 is 2. The Morgan fingerprint density at radius 1 is 1.14 bits per heavy atom.